The Labute approximate surface area is 93.7 Å². The van der Waals surface area contributed by atoms with Crippen molar-refractivity contribution in [2.75, 3.05) is 13.1 Å². The van der Waals surface area contributed by atoms with Gasteiger partial charge in [0, 0.05) is 17.8 Å². The minimum atomic E-state index is -0.702. The summed E-state index contributed by atoms with van der Waals surface area (Å²) in [4.78, 5) is 23.8. The zero-order chi connectivity index (χ0) is 11.5. The molecule has 0 aromatic carbocycles. The van der Waals surface area contributed by atoms with Crippen LogP contribution in [0, 0.1) is 0 Å². The van der Waals surface area contributed by atoms with Gasteiger partial charge in [-0.25, -0.2) is 9.59 Å². The fourth-order valence-electron chi connectivity index (χ4n) is 0.858. The molecule has 0 saturated carbocycles. The molecule has 0 spiro atoms. The summed E-state index contributed by atoms with van der Waals surface area (Å²) in [6.07, 6.45) is -0.284. The van der Waals surface area contributed by atoms with E-state index in [1.807, 2.05) is 20.8 Å². The first kappa shape index (κ1) is 12.2. The molecule has 1 saturated heterocycles. The van der Waals surface area contributed by atoms with Crippen LogP contribution in [0.4, 0.5) is 9.59 Å². The van der Waals surface area contributed by atoms with E-state index in [-0.39, 0.29) is 4.75 Å². The van der Waals surface area contributed by atoms with Crippen LogP contribution >= 0.6 is 11.9 Å². The number of likely N-dealkylation sites (tertiary alicyclic amines) is 1. The van der Waals surface area contributed by atoms with Crippen molar-refractivity contribution in [1.29, 1.82) is 0 Å². The largest absolute Gasteiger partial charge is 0.426 e. The molecule has 0 aromatic heterocycles. The summed E-state index contributed by atoms with van der Waals surface area (Å²) in [7, 11) is 0. The minimum absolute atomic E-state index is 0.0984. The maximum Gasteiger partial charge on any atom is 0.426 e. The predicted molar refractivity (Wildman–Crippen MR) is 58.5 cm³/mol. The van der Waals surface area contributed by atoms with Crippen molar-refractivity contribution in [2.24, 2.45) is 0 Å². The van der Waals surface area contributed by atoms with Crippen LogP contribution in [0.25, 0.3) is 0 Å². The monoisotopic (exact) mass is 232 g/mol. The Morgan fingerprint density at radius 2 is 1.93 bits per heavy atom. The van der Waals surface area contributed by atoms with Crippen molar-refractivity contribution < 1.29 is 14.3 Å². The molecule has 2 amide bonds. The van der Waals surface area contributed by atoms with Gasteiger partial charge in [0.2, 0.25) is 0 Å². The number of amides is 2. The minimum Gasteiger partial charge on any atom is -0.359 e. The Kier molecular flexibility index (Phi) is 3.84. The standard InChI is InChI=1S/C9H16N2O3S/c1-9(2,3)15-10-7(12)14-8(13)11-5-4-6-11/h4-6H2,1-3H3,(H,10,12). The van der Waals surface area contributed by atoms with Gasteiger partial charge in [0.1, 0.15) is 0 Å². The Morgan fingerprint density at radius 3 is 2.33 bits per heavy atom. The first-order valence-electron chi connectivity index (χ1n) is 4.83. The average molecular weight is 232 g/mol. The fraction of sp³-hybridized carbons (Fsp3) is 0.778. The van der Waals surface area contributed by atoms with Gasteiger partial charge in [-0.15, -0.1) is 0 Å². The Bertz CT molecular complexity index is 259. The van der Waals surface area contributed by atoms with Gasteiger partial charge >= 0.3 is 12.2 Å². The lowest BCUT2D eigenvalue weighted by atomic mass is 10.2. The molecule has 0 atom stereocenters. The van der Waals surface area contributed by atoms with E-state index in [4.69, 9.17) is 0 Å². The molecule has 0 unspecified atom stereocenters. The van der Waals surface area contributed by atoms with Gasteiger partial charge in [-0.3, -0.25) is 4.72 Å². The first-order valence-corrected chi connectivity index (χ1v) is 5.65. The molecular formula is C9H16N2O3S. The summed E-state index contributed by atoms with van der Waals surface area (Å²) in [5, 5.41) is 0. The molecule has 86 valence electrons. The zero-order valence-electron chi connectivity index (χ0n) is 9.20. The highest BCUT2D eigenvalue weighted by Crippen LogP contribution is 2.19. The van der Waals surface area contributed by atoms with E-state index >= 15 is 0 Å². The second-order valence-corrected chi connectivity index (χ2v) is 5.95. The molecule has 1 aliphatic rings. The molecule has 0 radical (unpaired) electrons. The molecule has 6 heteroatoms. The lowest BCUT2D eigenvalue weighted by Gasteiger charge is -2.29. The lowest BCUT2D eigenvalue weighted by Crippen LogP contribution is -2.44. The molecule has 1 fully saturated rings. The van der Waals surface area contributed by atoms with Gasteiger partial charge in [-0.05, 0) is 39.1 Å². The highest BCUT2D eigenvalue weighted by atomic mass is 32.2. The van der Waals surface area contributed by atoms with E-state index in [1.165, 1.54) is 16.8 Å². The number of hydrogen-bond donors (Lipinski definition) is 1. The molecular weight excluding hydrogens is 216 g/mol. The Balaban J connectivity index is 2.20. The molecule has 1 rings (SSSR count). The second-order valence-electron chi connectivity index (χ2n) is 4.31. The maximum absolute atomic E-state index is 11.2. The second kappa shape index (κ2) is 4.74. The Hall–Kier alpha value is -0.910. The number of ether oxygens (including phenoxy) is 1. The smallest absolute Gasteiger partial charge is 0.359 e. The molecule has 15 heavy (non-hydrogen) atoms. The van der Waals surface area contributed by atoms with Crippen LogP contribution in [0.3, 0.4) is 0 Å². The van der Waals surface area contributed by atoms with Crippen molar-refractivity contribution in [1.82, 2.24) is 9.62 Å². The first-order chi connectivity index (χ1) is 6.88. The maximum atomic E-state index is 11.2. The van der Waals surface area contributed by atoms with E-state index in [9.17, 15) is 9.59 Å². The number of carbonyl (C=O) groups is 2. The van der Waals surface area contributed by atoms with Gasteiger partial charge in [-0.2, -0.15) is 0 Å². The van der Waals surface area contributed by atoms with Crippen LogP contribution in [0.2, 0.25) is 0 Å². The third-order valence-corrected chi connectivity index (χ3v) is 2.62. The van der Waals surface area contributed by atoms with Crippen LogP contribution in [0.1, 0.15) is 27.2 Å². The molecule has 1 heterocycles. The number of carbonyl (C=O) groups excluding carboxylic acids is 2. The number of hydrogen-bond acceptors (Lipinski definition) is 4. The van der Waals surface area contributed by atoms with Crippen LogP contribution in [0.15, 0.2) is 0 Å². The molecule has 0 aliphatic carbocycles. The lowest BCUT2D eigenvalue weighted by molar-refractivity contribution is 0.100. The summed E-state index contributed by atoms with van der Waals surface area (Å²) >= 11 is 1.23. The van der Waals surface area contributed by atoms with Gasteiger partial charge in [0.05, 0.1) is 0 Å². The van der Waals surface area contributed by atoms with Gasteiger partial charge in [-0.1, -0.05) is 0 Å². The third-order valence-electron chi connectivity index (χ3n) is 1.73. The summed E-state index contributed by atoms with van der Waals surface area (Å²) in [5.41, 5.74) is 0. The Morgan fingerprint density at radius 1 is 1.33 bits per heavy atom. The predicted octanol–water partition coefficient (Wildman–Crippen LogP) is 1.98. The highest BCUT2D eigenvalue weighted by Gasteiger charge is 2.24. The van der Waals surface area contributed by atoms with Crippen LogP contribution in [-0.2, 0) is 4.74 Å². The fourth-order valence-corrected chi connectivity index (χ4v) is 1.29. The van der Waals surface area contributed by atoms with Gasteiger partial charge < -0.3 is 9.64 Å². The number of nitrogens with zero attached hydrogens (tertiary/aromatic N) is 1. The van der Waals surface area contributed by atoms with E-state index in [0.29, 0.717) is 13.1 Å². The molecule has 5 nitrogen and oxygen atoms in total. The summed E-state index contributed by atoms with van der Waals surface area (Å²) < 4.78 is 6.93. The van der Waals surface area contributed by atoms with Crippen molar-refractivity contribution in [2.45, 2.75) is 31.9 Å². The van der Waals surface area contributed by atoms with Crippen LogP contribution < -0.4 is 4.72 Å². The number of rotatable bonds is 1. The third kappa shape index (κ3) is 4.42. The number of nitrogens with one attached hydrogen (secondary N) is 1. The van der Waals surface area contributed by atoms with E-state index < -0.39 is 12.2 Å². The SMILES string of the molecule is CC(C)(C)SNC(=O)OC(=O)N1CCC1. The summed E-state index contributed by atoms with van der Waals surface area (Å²) in [6, 6.07) is 0. The van der Waals surface area contributed by atoms with Crippen molar-refractivity contribution in [3.8, 4) is 0 Å². The van der Waals surface area contributed by atoms with E-state index in [2.05, 4.69) is 9.46 Å². The van der Waals surface area contributed by atoms with Crippen LogP contribution in [-0.4, -0.2) is 34.9 Å². The normalized spacial score (nSPS) is 15.5. The van der Waals surface area contributed by atoms with Gasteiger partial charge in [0.25, 0.3) is 0 Å². The van der Waals surface area contributed by atoms with Gasteiger partial charge in [0.15, 0.2) is 0 Å². The van der Waals surface area contributed by atoms with Crippen LogP contribution in [0.5, 0.6) is 0 Å². The quantitative estimate of drug-likeness (QED) is 0.555. The highest BCUT2D eigenvalue weighted by molar-refractivity contribution is 7.99. The molecule has 0 aromatic rings. The summed E-state index contributed by atoms with van der Waals surface area (Å²) in [5.74, 6) is 0. The summed E-state index contributed by atoms with van der Waals surface area (Å²) in [6.45, 7) is 7.22. The molecule has 0 bridgehead atoms. The zero-order valence-corrected chi connectivity index (χ0v) is 10.0. The van der Waals surface area contributed by atoms with E-state index in [0.717, 1.165) is 6.42 Å². The van der Waals surface area contributed by atoms with E-state index in [1.54, 1.807) is 0 Å². The molecule has 1 N–H and O–H groups in total. The molecule has 1 aliphatic heterocycles. The van der Waals surface area contributed by atoms with Crippen molar-refractivity contribution in [3.05, 3.63) is 0 Å². The van der Waals surface area contributed by atoms with Crippen molar-refractivity contribution in [3.63, 3.8) is 0 Å². The van der Waals surface area contributed by atoms with Crippen molar-refractivity contribution >= 4 is 24.1 Å². The topological polar surface area (TPSA) is 58.6 Å². The average Bonchev–Trinajstić information content (AvgIpc) is 1.95.